The molecule has 0 saturated carbocycles. The molecule has 1 aromatic heterocycles. The fourth-order valence-electron chi connectivity index (χ4n) is 3.40. The number of nitriles is 1. The van der Waals surface area contributed by atoms with Crippen molar-refractivity contribution < 1.29 is 27.8 Å². The zero-order valence-electron chi connectivity index (χ0n) is 18.6. The smallest absolute Gasteiger partial charge is 0.323 e. The molecule has 2 N–H and O–H groups in total. The molecule has 2 amide bonds. The number of rotatable bonds is 7. The van der Waals surface area contributed by atoms with Gasteiger partial charge in [0.15, 0.2) is 0 Å². The third kappa shape index (κ3) is 5.32. The number of epoxide rings is 1. The molecular formula is C26H18F2N4O4. The molecule has 180 valence electrons. The minimum atomic E-state index is -0.726. The number of urea groups is 1. The quantitative estimate of drug-likeness (QED) is 0.328. The number of aromatic nitrogens is 1. The van der Waals surface area contributed by atoms with Crippen molar-refractivity contribution in [3.05, 3.63) is 84.1 Å². The standard InChI is InChI=1S/C26H18F2N4O4/c27-16-1-3-17(4-2-16)31-26(33)32-22-6-5-18(10-21(22)28)36-24-7-8-30-23-11-25(35-14-19-13-34-19)15(12-29)9-20(23)24/h1-11,19H,13-14H2,(H2,31,32,33)/t19-/m1/s1. The number of nitrogens with zero attached hydrogens (tertiary/aromatic N) is 2. The van der Waals surface area contributed by atoms with E-state index in [1.165, 1.54) is 42.6 Å². The summed E-state index contributed by atoms with van der Waals surface area (Å²) in [6, 6.07) is 15.4. The van der Waals surface area contributed by atoms with Crippen molar-refractivity contribution in [1.29, 1.82) is 5.26 Å². The molecule has 0 spiro atoms. The number of carbonyl (C=O) groups excluding carboxylic acids is 1. The Hall–Kier alpha value is -4.75. The zero-order valence-corrected chi connectivity index (χ0v) is 18.6. The first-order valence-electron chi connectivity index (χ1n) is 10.9. The summed E-state index contributed by atoms with van der Waals surface area (Å²) in [7, 11) is 0. The van der Waals surface area contributed by atoms with Crippen LogP contribution in [-0.4, -0.2) is 30.3 Å². The average molecular weight is 488 g/mol. The van der Waals surface area contributed by atoms with E-state index in [2.05, 4.69) is 21.7 Å². The van der Waals surface area contributed by atoms with Crippen LogP contribution in [-0.2, 0) is 4.74 Å². The van der Waals surface area contributed by atoms with E-state index in [4.69, 9.17) is 14.2 Å². The fourth-order valence-corrected chi connectivity index (χ4v) is 3.40. The Morgan fingerprint density at radius 3 is 2.61 bits per heavy atom. The van der Waals surface area contributed by atoms with Crippen LogP contribution >= 0.6 is 0 Å². The maximum absolute atomic E-state index is 14.7. The van der Waals surface area contributed by atoms with Gasteiger partial charge in [0.25, 0.3) is 0 Å². The Kier molecular flexibility index (Phi) is 6.30. The number of pyridine rings is 1. The van der Waals surface area contributed by atoms with Gasteiger partial charge < -0.3 is 24.8 Å². The van der Waals surface area contributed by atoms with Crippen LogP contribution < -0.4 is 20.1 Å². The summed E-state index contributed by atoms with van der Waals surface area (Å²) in [6.07, 6.45) is 1.57. The Balaban J connectivity index is 1.32. The van der Waals surface area contributed by atoms with E-state index in [0.29, 0.717) is 46.9 Å². The monoisotopic (exact) mass is 488 g/mol. The number of anilines is 2. The van der Waals surface area contributed by atoms with Crippen molar-refractivity contribution in [2.45, 2.75) is 6.10 Å². The summed E-state index contributed by atoms with van der Waals surface area (Å²) in [4.78, 5) is 16.5. The molecule has 0 aliphatic carbocycles. The highest BCUT2D eigenvalue weighted by Crippen LogP contribution is 2.34. The highest BCUT2D eigenvalue weighted by molar-refractivity contribution is 5.99. The molecule has 2 heterocycles. The predicted octanol–water partition coefficient (Wildman–Crippen LogP) is 5.60. The van der Waals surface area contributed by atoms with Crippen LogP contribution in [0.2, 0.25) is 0 Å². The number of ether oxygens (including phenoxy) is 3. The third-order valence-corrected chi connectivity index (χ3v) is 5.27. The van der Waals surface area contributed by atoms with Crippen LogP contribution in [0.15, 0.2) is 66.9 Å². The minimum Gasteiger partial charge on any atom is -0.489 e. The van der Waals surface area contributed by atoms with Gasteiger partial charge in [-0.15, -0.1) is 0 Å². The Bertz CT molecular complexity index is 1480. The van der Waals surface area contributed by atoms with Gasteiger partial charge in [0.1, 0.15) is 47.7 Å². The molecule has 10 heteroatoms. The van der Waals surface area contributed by atoms with Crippen LogP contribution in [0.3, 0.4) is 0 Å². The van der Waals surface area contributed by atoms with Crippen molar-refractivity contribution in [3.63, 3.8) is 0 Å². The molecule has 1 atom stereocenters. The second kappa shape index (κ2) is 9.85. The maximum atomic E-state index is 14.7. The molecular weight excluding hydrogens is 470 g/mol. The van der Waals surface area contributed by atoms with Crippen LogP contribution in [0.4, 0.5) is 25.0 Å². The first-order chi connectivity index (χ1) is 17.5. The Morgan fingerprint density at radius 1 is 1.08 bits per heavy atom. The predicted molar refractivity (Wildman–Crippen MR) is 127 cm³/mol. The van der Waals surface area contributed by atoms with Gasteiger partial charge >= 0.3 is 6.03 Å². The summed E-state index contributed by atoms with van der Waals surface area (Å²) in [5.74, 6) is -0.232. The summed E-state index contributed by atoms with van der Waals surface area (Å²) < 4.78 is 44.4. The van der Waals surface area contributed by atoms with Gasteiger partial charge in [-0.25, -0.2) is 13.6 Å². The molecule has 8 nitrogen and oxygen atoms in total. The van der Waals surface area contributed by atoms with E-state index >= 15 is 0 Å². The van der Waals surface area contributed by atoms with Gasteiger partial charge in [0.05, 0.1) is 23.4 Å². The van der Waals surface area contributed by atoms with Gasteiger partial charge in [0.2, 0.25) is 0 Å². The van der Waals surface area contributed by atoms with Gasteiger partial charge in [-0.3, -0.25) is 4.98 Å². The number of hydrogen-bond acceptors (Lipinski definition) is 6. The summed E-state index contributed by atoms with van der Waals surface area (Å²) in [5.41, 5.74) is 1.12. The van der Waals surface area contributed by atoms with Crippen LogP contribution in [0.25, 0.3) is 10.9 Å². The number of halogens is 2. The summed E-state index contributed by atoms with van der Waals surface area (Å²) in [6.45, 7) is 0.980. The Morgan fingerprint density at radius 2 is 1.89 bits per heavy atom. The number of carbonyl (C=O) groups is 1. The van der Waals surface area contributed by atoms with Gasteiger partial charge in [0, 0.05) is 29.4 Å². The van der Waals surface area contributed by atoms with Crippen molar-refractivity contribution in [2.24, 2.45) is 0 Å². The lowest BCUT2D eigenvalue weighted by Crippen LogP contribution is -2.20. The molecule has 3 aromatic carbocycles. The summed E-state index contributed by atoms with van der Waals surface area (Å²) in [5, 5.41) is 15.0. The second-order valence-electron chi connectivity index (χ2n) is 7.88. The highest BCUT2D eigenvalue weighted by atomic mass is 19.1. The second-order valence-corrected chi connectivity index (χ2v) is 7.88. The molecule has 5 rings (SSSR count). The molecule has 0 bridgehead atoms. The SMILES string of the molecule is N#Cc1cc2c(Oc3ccc(NC(=O)Nc4ccc(F)cc4)c(F)c3)ccnc2cc1OC[C@H]1CO1. The van der Waals surface area contributed by atoms with E-state index in [-0.39, 0.29) is 17.5 Å². The van der Waals surface area contributed by atoms with Crippen molar-refractivity contribution in [2.75, 3.05) is 23.8 Å². The van der Waals surface area contributed by atoms with Crippen LogP contribution in [0, 0.1) is 23.0 Å². The minimum absolute atomic E-state index is 0.0382. The van der Waals surface area contributed by atoms with E-state index < -0.39 is 17.7 Å². The number of fused-ring (bicyclic) bond motifs is 1. The molecule has 1 saturated heterocycles. The van der Waals surface area contributed by atoms with Crippen molar-refractivity contribution in [1.82, 2.24) is 4.98 Å². The number of nitrogens with one attached hydrogen (secondary N) is 2. The van der Waals surface area contributed by atoms with Gasteiger partial charge in [-0.05, 0) is 48.5 Å². The summed E-state index contributed by atoms with van der Waals surface area (Å²) >= 11 is 0. The number of benzene rings is 3. The molecule has 1 fully saturated rings. The lowest BCUT2D eigenvalue weighted by atomic mass is 10.1. The fraction of sp³-hybridized carbons (Fsp3) is 0.115. The van der Waals surface area contributed by atoms with Crippen LogP contribution in [0.1, 0.15) is 5.56 Å². The van der Waals surface area contributed by atoms with E-state index in [0.717, 1.165) is 6.07 Å². The normalized spacial score (nSPS) is 14.1. The first kappa shape index (κ1) is 23.0. The first-order valence-corrected chi connectivity index (χ1v) is 10.9. The lowest BCUT2D eigenvalue weighted by Gasteiger charge is -2.13. The van der Waals surface area contributed by atoms with Gasteiger partial charge in [-0.2, -0.15) is 5.26 Å². The van der Waals surface area contributed by atoms with E-state index in [1.54, 1.807) is 18.2 Å². The zero-order chi connectivity index (χ0) is 25.1. The third-order valence-electron chi connectivity index (χ3n) is 5.27. The van der Waals surface area contributed by atoms with Crippen molar-refractivity contribution in [3.8, 4) is 23.3 Å². The average Bonchev–Trinajstić information content (AvgIpc) is 3.70. The van der Waals surface area contributed by atoms with Crippen molar-refractivity contribution >= 4 is 28.3 Å². The van der Waals surface area contributed by atoms with Crippen LogP contribution in [0.5, 0.6) is 17.2 Å². The molecule has 4 aromatic rings. The number of hydrogen-bond donors (Lipinski definition) is 2. The maximum Gasteiger partial charge on any atom is 0.323 e. The van der Waals surface area contributed by atoms with E-state index in [9.17, 15) is 18.8 Å². The lowest BCUT2D eigenvalue weighted by molar-refractivity contribution is 0.262. The molecule has 0 radical (unpaired) electrons. The number of amides is 2. The molecule has 36 heavy (non-hydrogen) atoms. The topological polar surface area (TPSA) is 109 Å². The molecule has 1 aliphatic rings. The largest absolute Gasteiger partial charge is 0.489 e. The van der Waals surface area contributed by atoms with Gasteiger partial charge in [-0.1, -0.05) is 0 Å². The molecule has 1 aliphatic heterocycles. The molecule has 0 unspecified atom stereocenters. The van der Waals surface area contributed by atoms with E-state index in [1.807, 2.05) is 0 Å². The Labute approximate surface area is 204 Å². The highest BCUT2D eigenvalue weighted by Gasteiger charge is 2.24.